The summed E-state index contributed by atoms with van der Waals surface area (Å²) < 4.78 is 18.6. The molecule has 0 aliphatic carbocycles. The van der Waals surface area contributed by atoms with E-state index < -0.39 is 0 Å². The Labute approximate surface area is 811 Å². The average Bonchev–Trinajstić information content (AvgIpc) is 1.58. The summed E-state index contributed by atoms with van der Waals surface area (Å²) in [6.07, 6.45) is 0. The van der Waals surface area contributed by atoms with Crippen LogP contribution in [0.25, 0.3) is 219 Å². The number of thiophene rings is 1. The van der Waals surface area contributed by atoms with Crippen LogP contribution in [0.3, 0.4) is 0 Å². The van der Waals surface area contributed by atoms with Gasteiger partial charge in [0.2, 0.25) is 0 Å². The summed E-state index contributed by atoms with van der Waals surface area (Å²) in [5, 5.41) is 15.4. The van der Waals surface area contributed by atoms with Gasteiger partial charge in [-0.25, -0.2) is 0 Å². The van der Waals surface area contributed by atoms with E-state index in [-0.39, 0.29) is 0 Å². The van der Waals surface area contributed by atoms with Crippen molar-refractivity contribution in [3.8, 4) is 89.5 Å². The molecule has 0 atom stereocenters. The number of benzene rings is 19. The smallest absolute Gasteiger partial charge is 0.135 e. The van der Waals surface area contributed by atoms with Crippen molar-refractivity contribution in [3.05, 3.63) is 446 Å². The third-order valence-electron chi connectivity index (χ3n) is 28.8. The summed E-state index contributed by atoms with van der Waals surface area (Å²) in [4.78, 5) is 0. The predicted octanol–water partition coefficient (Wildman–Crippen LogP) is 38.5. The van der Waals surface area contributed by atoms with Gasteiger partial charge < -0.3 is 22.7 Å². The largest absolute Gasteiger partial charge is 0.456 e. The molecule has 6 aromatic heterocycles. The zero-order valence-corrected chi connectivity index (χ0v) is 81.1. The minimum Gasteiger partial charge on any atom is -0.456 e. The van der Waals surface area contributed by atoms with Crippen LogP contribution in [-0.4, -0.2) is 18.3 Å². The predicted molar refractivity (Wildman–Crippen MR) is 594 cm³/mol. The van der Waals surface area contributed by atoms with Gasteiger partial charge in [-0.05, 0) is 271 Å². The maximum absolute atomic E-state index is 6.10. The molecule has 0 radical (unpaired) electrons. The van der Waals surface area contributed by atoms with E-state index in [2.05, 4.69) is 502 Å². The van der Waals surface area contributed by atoms with E-state index in [1.54, 1.807) is 0 Å². The highest BCUT2D eigenvalue weighted by Gasteiger charge is 2.26. The molecule has 138 heavy (non-hydrogen) atoms. The summed E-state index contributed by atoms with van der Waals surface area (Å²) in [5.41, 5.74) is 39.4. The van der Waals surface area contributed by atoms with E-state index in [0.717, 1.165) is 21.9 Å². The van der Waals surface area contributed by atoms with Crippen LogP contribution in [0.4, 0.5) is 0 Å². The normalized spacial score (nSPS) is 12.0. The maximum atomic E-state index is 6.10. The molecule has 0 N–H and O–H groups in total. The molecule has 0 saturated heterocycles. The first-order valence-corrected chi connectivity index (χ1v) is 50.0. The molecular weight excluding hydrogens is 1690 g/mol. The van der Waals surface area contributed by atoms with E-state index in [1.807, 2.05) is 23.5 Å². The number of furan rings is 1. The summed E-state index contributed by atoms with van der Waals surface area (Å²) in [5.74, 6) is 2.80. The lowest BCUT2D eigenvalue weighted by Crippen LogP contribution is -1.99. The fourth-order valence-corrected chi connectivity index (χ4v) is 22.5. The molecule has 0 amide bonds. The molecule has 6 heteroatoms. The van der Waals surface area contributed by atoms with Crippen LogP contribution in [0.2, 0.25) is 0 Å². The Morgan fingerprint density at radius 2 is 0.500 bits per heavy atom. The highest BCUT2D eigenvalue weighted by Crippen LogP contribution is 2.48. The molecule has 5 nitrogen and oxygen atoms in total. The molecule has 0 aliphatic heterocycles. The molecule has 670 valence electrons. The van der Waals surface area contributed by atoms with Gasteiger partial charge in [-0.2, -0.15) is 0 Å². The Morgan fingerprint density at radius 3 is 0.993 bits per heavy atom. The molecule has 19 aromatic carbocycles. The maximum Gasteiger partial charge on any atom is 0.135 e. The second kappa shape index (κ2) is 35.6. The Morgan fingerprint density at radius 1 is 0.181 bits per heavy atom. The Balaban J connectivity index is 0.000000116. The zero-order chi connectivity index (χ0) is 93.8. The highest BCUT2D eigenvalue weighted by molar-refractivity contribution is 7.26. The van der Waals surface area contributed by atoms with Crippen molar-refractivity contribution in [2.24, 2.45) is 0 Å². The Bertz CT molecular complexity index is 8860. The second-order valence-electron chi connectivity index (χ2n) is 39.4. The molecular formula is C132H110N4OS. The minimum absolute atomic E-state index is 0.458. The molecule has 0 spiro atoms. The van der Waals surface area contributed by atoms with Gasteiger partial charge >= 0.3 is 0 Å². The molecule has 0 fully saturated rings. The fraction of sp³-hybridized carbons (Fsp3) is 0.136. The van der Waals surface area contributed by atoms with Crippen LogP contribution in [0.15, 0.2) is 417 Å². The van der Waals surface area contributed by atoms with Gasteiger partial charge in [0.1, 0.15) is 11.2 Å². The van der Waals surface area contributed by atoms with Crippen molar-refractivity contribution in [2.75, 3.05) is 0 Å². The summed E-state index contributed by atoms with van der Waals surface area (Å²) >= 11 is 1.88. The van der Waals surface area contributed by atoms with Crippen molar-refractivity contribution >= 4 is 141 Å². The molecule has 0 bridgehead atoms. The van der Waals surface area contributed by atoms with E-state index in [0.29, 0.717) is 35.5 Å². The first kappa shape index (κ1) is 86.5. The van der Waals surface area contributed by atoms with Crippen molar-refractivity contribution in [1.29, 1.82) is 0 Å². The van der Waals surface area contributed by atoms with E-state index in [4.69, 9.17) is 4.42 Å². The molecule has 0 unspecified atom stereocenters. The van der Waals surface area contributed by atoms with Crippen molar-refractivity contribution in [3.63, 3.8) is 0 Å². The van der Waals surface area contributed by atoms with E-state index in [9.17, 15) is 0 Å². The fourth-order valence-electron chi connectivity index (χ4n) is 21.4. The first-order valence-electron chi connectivity index (χ1n) is 49.1. The summed E-state index contributed by atoms with van der Waals surface area (Å²) in [6, 6.07) is 153. The molecule has 0 saturated carbocycles. The van der Waals surface area contributed by atoms with Crippen molar-refractivity contribution in [1.82, 2.24) is 18.3 Å². The number of hydrogen-bond donors (Lipinski definition) is 0. The molecule has 25 aromatic rings. The lowest BCUT2D eigenvalue weighted by atomic mass is 9.95. The number of fused-ring (bicyclic) bond motifs is 18. The van der Waals surface area contributed by atoms with Crippen molar-refractivity contribution in [2.45, 2.75) is 119 Å². The highest BCUT2D eigenvalue weighted by atomic mass is 32.1. The van der Waals surface area contributed by atoms with Crippen LogP contribution < -0.4 is 0 Å². The minimum atomic E-state index is 0.458. The standard InChI is InChI=1S/C48H40N2.C42H35NO.C42H35NS/c1-31(2)33-22-25-46-42(28-33)43-29-34(32(3)4)23-26-47(43)50(46)44-19-10-8-17-39(44)37-14-12-13-35(27-37)36-21-24-41-40-18-9-11-20-45(40)49(48(41)30-36)38-15-6-5-7-16-38;1-26(2)28-16-19-39-35(23-28)36-24-29(27(3)4)17-20-40(36)43(39)38-14-7-5-12-33(38)32-11-9-10-30(22-32)31-18-21-42-37(25-31)34-13-6-8-15-41(34)44-42;1-26(2)28-19-21-34-35-22-20-29(27(3)4)25-39(35)43(38(34)24-28)37-16-7-5-13-32(37)30-11-9-12-31(23-30)33-15-10-18-41-42(33)36-14-6-8-17-40(36)44-41/h5-32H,1-4H3;2*5-27H,1-4H3. The topological polar surface area (TPSA) is 32.9 Å². The zero-order valence-electron chi connectivity index (χ0n) is 80.3. The van der Waals surface area contributed by atoms with Gasteiger partial charge in [0.15, 0.2) is 0 Å². The van der Waals surface area contributed by atoms with E-state index >= 15 is 0 Å². The molecule has 0 aliphatic rings. The number of nitrogens with zero attached hydrogens (tertiary/aromatic N) is 4. The number of rotatable bonds is 16. The quantitative estimate of drug-likeness (QED) is 0.0949. The van der Waals surface area contributed by atoms with Gasteiger partial charge in [-0.15, -0.1) is 11.3 Å². The molecule has 25 rings (SSSR count). The van der Waals surface area contributed by atoms with Crippen LogP contribution >= 0.6 is 11.3 Å². The third kappa shape index (κ3) is 15.3. The summed E-state index contributed by atoms with van der Waals surface area (Å²) in [6.45, 7) is 27.3. The average molecular weight is 1800 g/mol. The van der Waals surface area contributed by atoms with Crippen LogP contribution in [0.1, 0.15) is 152 Å². The van der Waals surface area contributed by atoms with Gasteiger partial charge in [0.05, 0.1) is 61.2 Å². The van der Waals surface area contributed by atoms with Crippen molar-refractivity contribution < 1.29 is 4.42 Å². The lowest BCUT2D eigenvalue weighted by molar-refractivity contribution is 0.669. The molecule has 6 heterocycles. The van der Waals surface area contributed by atoms with Crippen LogP contribution in [0, 0.1) is 0 Å². The lowest BCUT2D eigenvalue weighted by Gasteiger charge is -2.16. The van der Waals surface area contributed by atoms with Crippen LogP contribution in [-0.2, 0) is 0 Å². The second-order valence-corrected chi connectivity index (χ2v) is 40.5. The first-order chi connectivity index (χ1) is 67.4. The Hall–Kier alpha value is -15.6. The van der Waals surface area contributed by atoms with Gasteiger partial charge in [0.25, 0.3) is 0 Å². The number of hydrogen-bond acceptors (Lipinski definition) is 2. The number of para-hydroxylation sites is 6. The van der Waals surface area contributed by atoms with Crippen LogP contribution in [0.5, 0.6) is 0 Å². The number of aromatic nitrogens is 4. The Kier molecular flexibility index (Phi) is 22.3. The summed E-state index contributed by atoms with van der Waals surface area (Å²) in [7, 11) is 0. The monoisotopic (exact) mass is 1800 g/mol. The van der Waals surface area contributed by atoms with E-state index in [1.165, 1.54) is 230 Å². The third-order valence-corrected chi connectivity index (χ3v) is 30.0. The van der Waals surface area contributed by atoms with Gasteiger partial charge in [-0.1, -0.05) is 344 Å². The van der Waals surface area contributed by atoms with Gasteiger partial charge in [-0.3, -0.25) is 0 Å². The van der Waals surface area contributed by atoms with Gasteiger partial charge in [0, 0.05) is 96.4 Å². The SMILES string of the molecule is CC(C)c1ccc2c(c1)c1cc(C(C)C)ccc1n2-c1ccccc1-c1cccc(-c2ccc3c4ccccc4n(-c4ccccc4)c3c2)c1.CC(C)c1ccc2c(c1)c1cc(C(C)C)ccc1n2-c1ccccc1-c1cccc(-c2ccc3oc4ccccc4c3c2)c1.CC(C)c1ccc2c3ccc(C(C)C)cc3n(-c3ccccc3-c3cccc(-c4cccc5sc6ccccc6c45)c3)c2c1.